The van der Waals surface area contributed by atoms with Gasteiger partial charge in [-0.2, -0.15) is 0 Å². The molecule has 0 aliphatic carbocycles. The molecule has 1 aromatic rings. The first kappa shape index (κ1) is 16.5. The highest BCUT2D eigenvalue weighted by molar-refractivity contribution is 5.88. The van der Waals surface area contributed by atoms with Gasteiger partial charge in [-0.25, -0.2) is 4.79 Å². The second-order valence-electron chi connectivity index (χ2n) is 5.66. The second-order valence-corrected chi connectivity index (χ2v) is 5.66. The van der Waals surface area contributed by atoms with E-state index < -0.39 is 5.97 Å². The molecule has 2 N–H and O–H groups in total. The predicted molar refractivity (Wildman–Crippen MR) is 82.9 cm³/mol. The number of hydrogen-bond donors (Lipinski definition) is 2. The van der Waals surface area contributed by atoms with Crippen LogP contribution in [0.3, 0.4) is 0 Å². The summed E-state index contributed by atoms with van der Waals surface area (Å²) < 4.78 is 5.65. The zero-order valence-electron chi connectivity index (χ0n) is 12.7. The minimum atomic E-state index is -0.977. The summed E-state index contributed by atoms with van der Waals surface area (Å²) in [6.45, 7) is 1.49. The number of nitrogens with one attached hydrogen (secondary N) is 1. The third-order valence-electron chi connectivity index (χ3n) is 3.84. The molecule has 1 amide bonds. The molecule has 1 saturated heterocycles. The number of carboxylic acids is 1. The van der Waals surface area contributed by atoms with Crippen molar-refractivity contribution in [1.82, 2.24) is 5.32 Å². The Kier molecular flexibility index (Phi) is 6.40. The molecule has 0 radical (unpaired) electrons. The highest BCUT2D eigenvalue weighted by atomic mass is 16.5. The average Bonchev–Trinajstić information content (AvgIpc) is 2.53. The summed E-state index contributed by atoms with van der Waals surface area (Å²) in [5, 5.41) is 11.8. The van der Waals surface area contributed by atoms with Gasteiger partial charge in [0.05, 0.1) is 18.1 Å². The number of ether oxygens (including phenoxy) is 1. The van der Waals surface area contributed by atoms with E-state index in [-0.39, 0.29) is 17.9 Å². The Balaban J connectivity index is 1.67. The van der Waals surface area contributed by atoms with Crippen molar-refractivity contribution in [2.75, 3.05) is 13.2 Å². The van der Waals surface area contributed by atoms with E-state index in [0.717, 1.165) is 32.3 Å². The fourth-order valence-corrected chi connectivity index (χ4v) is 2.65. The Labute approximate surface area is 130 Å². The van der Waals surface area contributed by atoms with Gasteiger partial charge in [-0.1, -0.05) is 12.1 Å². The maximum absolute atomic E-state index is 11.9. The molecule has 1 unspecified atom stereocenters. The third kappa shape index (κ3) is 5.48. The van der Waals surface area contributed by atoms with Crippen molar-refractivity contribution >= 4 is 11.9 Å². The Morgan fingerprint density at radius 2 is 2.18 bits per heavy atom. The Morgan fingerprint density at radius 1 is 1.32 bits per heavy atom. The monoisotopic (exact) mass is 305 g/mol. The Hall–Kier alpha value is -1.88. The van der Waals surface area contributed by atoms with Crippen molar-refractivity contribution in [3.8, 4) is 0 Å². The van der Waals surface area contributed by atoms with E-state index in [4.69, 9.17) is 9.84 Å². The molecule has 0 bridgehead atoms. The average molecular weight is 305 g/mol. The van der Waals surface area contributed by atoms with Gasteiger partial charge in [0.2, 0.25) is 5.91 Å². The van der Waals surface area contributed by atoms with Gasteiger partial charge in [0.15, 0.2) is 0 Å². The van der Waals surface area contributed by atoms with Gasteiger partial charge < -0.3 is 15.2 Å². The van der Waals surface area contributed by atoms with Crippen LogP contribution in [0.5, 0.6) is 0 Å². The molecule has 22 heavy (non-hydrogen) atoms. The van der Waals surface area contributed by atoms with Crippen molar-refractivity contribution in [1.29, 1.82) is 0 Å². The predicted octanol–water partition coefficient (Wildman–Crippen LogP) is 2.39. The van der Waals surface area contributed by atoms with Crippen LogP contribution in [0.1, 0.15) is 48.0 Å². The van der Waals surface area contributed by atoms with Crippen LogP contribution in [-0.4, -0.2) is 36.2 Å². The topological polar surface area (TPSA) is 75.6 Å². The van der Waals surface area contributed by atoms with Gasteiger partial charge in [0.25, 0.3) is 0 Å². The summed E-state index contributed by atoms with van der Waals surface area (Å²) in [4.78, 5) is 22.7. The summed E-state index contributed by atoms with van der Waals surface area (Å²) in [6.07, 6.45) is 5.95. The highest BCUT2D eigenvalue weighted by Gasteiger charge is 2.13. The fraction of sp³-hybridized carbons (Fsp3) is 0.529. The van der Waals surface area contributed by atoms with E-state index >= 15 is 0 Å². The number of carbonyl (C=O) groups is 2. The van der Waals surface area contributed by atoms with Crippen LogP contribution in [0.4, 0.5) is 0 Å². The van der Waals surface area contributed by atoms with Gasteiger partial charge in [-0.15, -0.1) is 0 Å². The molecule has 120 valence electrons. The van der Waals surface area contributed by atoms with Crippen LogP contribution in [0, 0.1) is 0 Å². The summed E-state index contributed by atoms with van der Waals surface area (Å²) in [5.74, 6) is -1.05. The van der Waals surface area contributed by atoms with E-state index in [0.29, 0.717) is 18.2 Å². The lowest BCUT2D eigenvalue weighted by Crippen LogP contribution is -2.27. The molecule has 2 rings (SSSR count). The van der Waals surface area contributed by atoms with Crippen molar-refractivity contribution < 1.29 is 19.4 Å². The van der Waals surface area contributed by atoms with E-state index in [1.165, 1.54) is 18.6 Å². The minimum absolute atomic E-state index is 0.0768. The Morgan fingerprint density at radius 3 is 2.91 bits per heavy atom. The van der Waals surface area contributed by atoms with E-state index in [9.17, 15) is 9.59 Å². The van der Waals surface area contributed by atoms with Crippen molar-refractivity contribution in [3.63, 3.8) is 0 Å². The molecule has 0 saturated carbocycles. The van der Waals surface area contributed by atoms with Gasteiger partial charge in [0, 0.05) is 13.2 Å². The van der Waals surface area contributed by atoms with Gasteiger partial charge in [0.1, 0.15) is 0 Å². The zero-order valence-corrected chi connectivity index (χ0v) is 12.7. The molecule has 5 heteroatoms. The molecule has 1 fully saturated rings. The van der Waals surface area contributed by atoms with Gasteiger partial charge >= 0.3 is 5.97 Å². The normalized spacial score (nSPS) is 17.9. The van der Waals surface area contributed by atoms with E-state index in [2.05, 4.69) is 5.32 Å². The maximum atomic E-state index is 11.9. The zero-order chi connectivity index (χ0) is 15.8. The van der Waals surface area contributed by atoms with Gasteiger partial charge in [-0.3, -0.25) is 4.79 Å². The molecule has 5 nitrogen and oxygen atoms in total. The highest BCUT2D eigenvalue weighted by Crippen LogP contribution is 2.16. The molecule has 1 aliphatic rings. The molecule has 0 spiro atoms. The first-order valence-corrected chi connectivity index (χ1v) is 7.85. The van der Waals surface area contributed by atoms with Crippen molar-refractivity contribution in [2.24, 2.45) is 0 Å². The second kappa shape index (κ2) is 8.54. The first-order valence-electron chi connectivity index (χ1n) is 7.85. The summed E-state index contributed by atoms with van der Waals surface area (Å²) in [5.41, 5.74) is 0.924. The van der Waals surface area contributed by atoms with Crippen LogP contribution in [0.25, 0.3) is 0 Å². The minimum Gasteiger partial charge on any atom is -0.478 e. The van der Waals surface area contributed by atoms with E-state index in [1.807, 2.05) is 0 Å². The lowest BCUT2D eigenvalue weighted by molar-refractivity contribution is -0.120. The van der Waals surface area contributed by atoms with Crippen LogP contribution < -0.4 is 5.32 Å². The fourth-order valence-electron chi connectivity index (χ4n) is 2.65. The van der Waals surface area contributed by atoms with Crippen molar-refractivity contribution in [3.05, 3.63) is 35.4 Å². The lowest BCUT2D eigenvalue weighted by Gasteiger charge is -2.22. The molecule has 1 aromatic carbocycles. The number of amides is 1. The first-order chi connectivity index (χ1) is 10.6. The molecular weight excluding hydrogens is 282 g/mol. The number of benzene rings is 1. The smallest absolute Gasteiger partial charge is 0.335 e. The molecule has 1 aliphatic heterocycles. The standard InChI is InChI=1S/C17H23NO4/c19-16(12-13-5-3-6-14(11-13)17(20)21)18-9-4-8-15-7-1-2-10-22-15/h3,5-6,11,15H,1-2,4,7-10,12H2,(H,18,19)(H,20,21). The van der Waals surface area contributed by atoms with Crippen molar-refractivity contribution in [2.45, 2.75) is 44.6 Å². The number of carboxylic acid groups (broad SMARTS) is 1. The number of carbonyl (C=O) groups excluding carboxylic acids is 1. The van der Waals surface area contributed by atoms with Crippen LogP contribution in [0.2, 0.25) is 0 Å². The number of hydrogen-bond acceptors (Lipinski definition) is 3. The SMILES string of the molecule is O=C(Cc1cccc(C(=O)O)c1)NCCCC1CCCCO1. The number of rotatable bonds is 7. The molecule has 1 atom stereocenters. The summed E-state index contributed by atoms with van der Waals surface area (Å²) in [6, 6.07) is 6.49. The quantitative estimate of drug-likeness (QED) is 0.758. The largest absolute Gasteiger partial charge is 0.478 e. The summed E-state index contributed by atoms with van der Waals surface area (Å²) in [7, 11) is 0. The summed E-state index contributed by atoms with van der Waals surface area (Å²) >= 11 is 0. The van der Waals surface area contributed by atoms with Gasteiger partial charge in [-0.05, 0) is 49.8 Å². The maximum Gasteiger partial charge on any atom is 0.335 e. The lowest BCUT2D eigenvalue weighted by atomic mass is 10.0. The molecular formula is C17H23NO4. The van der Waals surface area contributed by atoms with E-state index in [1.54, 1.807) is 12.1 Å². The van der Waals surface area contributed by atoms with Crippen LogP contribution >= 0.6 is 0 Å². The third-order valence-corrected chi connectivity index (χ3v) is 3.84. The van der Waals surface area contributed by atoms with Crippen LogP contribution in [0.15, 0.2) is 24.3 Å². The molecule has 0 aromatic heterocycles. The van der Waals surface area contributed by atoms with Crippen LogP contribution in [-0.2, 0) is 16.0 Å². The molecule has 1 heterocycles. The number of aromatic carboxylic acids is 1. The Bertz CT molecular complexity index is 509.